The molecule has 0 radical (unpaired) electrons. The van der Waals surface area contributed by atoms with Gasteiger partial charge in [0.2, 0.25) is 0 Å². The lowest BCUT2D eigenvalue weighted by molar-refractivity contribution is -0.156. The molecule has 0 amide bonds. The van der Waals surface area contributed by atoms with Crippen LogP contribution >= 0.6 is 0 Å². The summed E-state index contributed by atoms with van der Waals surface area (Å²) in [5.41, 5.74) is 0.388. The fourth-order valence-corrected chi connectivity index (χ4v) is 3.87. The number of piperazine rings is 1. The Morgan fingerprint density at radius 1 is 0.935 bits per heavy atom. The summed E-state index contributed by atoms with van der Waals surface area (Å²) in [6.07, 6.45) is -4.39. The van der Waals surface area contributed by atoms with Crippen LogP contribution < -0.4 is 0 Å². The first kappa shape index (κ1) is 23.3. The summed E-state index contributed by atoms with van der Waals surface area (Å²) in [5.74, 6) is -0.265. The number of hydrogen-bond donors (Lipinski definition) is 0. The Morgan fingerprint density at radius 3 is 2.13 bits per heavy atom. The van der Waals surface area contributed by atoms with Gasteiger partial charge in [-0.15, -0.1) is 0 Å². The van der Waals surface area contributed by atoms with Gasteiger partial charge >= 0.3 is 12.1 Å². The number of benzene rings is 2. The molecule has 0 spiro atoms. The van der Waals surface area contributed by atoms with Gasteiger partial charge in [-0.25, -0.2) is 0 Å². The van der Waals surface area contributed by atoms with Crippen LogP contribution in [0.3, 0.4) is 0 Å². The van der Waals surface area contributed by atoms with Gasteiger partial charge in [-0.1, -0.05) is 42.5 Å². The summed E-state index contributed by atoms with van der Waals surface area (Å²) in [6, 6.07) is 14.8. The number of carbonyl (C=O) groups excluding carboxylic acids is 1. The molecule has 0 aliphatic carbocycles. The minimum Gasteiger partial charge on any atom is -0.459 e. The molecule has 0 unspecified atom stereocenters. The number of nitrogens with zero attached hydrogens (tertiary/aromatic N) is 2. The van der Waals surface area contributed by atoms with E-state index in [0.29, 0.717) is 31.7 Å². The maximum absolute atomic E-state index is 13.3. The molecule has 0 bridgehead atoms. The quantitative estimate of drug-likeness (QED) is 0.636. The predicted octanol–water partition coefficient (Wildman–Crippen LogP) is 4.75. The lowest BCUT2D eigenvalue weighted by Gasteiger charge is -2.39. The Morgan fingerprint density at radius 2 is 1.55 bits per heavy atom. The highest BCUT2D eigenvalue weighted by atomic mass is 19.4. The Kier molecular flexibility index (Phi) is 7.06. The number of ether oxygens (including phenoxy) is 1. The number of carbonyl (C=O) groups is 1. The molecule has 1 heterocycles. The monoisotopic (exact) mass is 434 g/mol. The van der Waals surface area contributed by atoms with Gasteiger partial charge in [0.15, 0.2) is 0 Å². The molecule has 1 aliphatic heterocycles. The SMILES string of the molecule is CC(C)(C)OC(=O)CN1CCN([C@H](c2ccccc2)c2cccc(C(F)(F)F)c2)CC1. The van der Waals surface area contributed by atoms with Crippen molar-refractivity contribution in [2.75, 3.05) is 32.7 Å². The van der Waals surface area contributed by atoms with Gasteiger partial charge in [-0.2, -0.15) is 13.2 Å². The van der Waals surface area contributed by atoms with Crippen molar-refractivity contribution in [3.63, 3.8) is 0 Å². The smallest absolute Gasteiger partial charge is 0.416 e. The first-order valence-electron chi connectivity index (χ1n) is 10.4. The van der Waals surface area contributed by atoms with Crippen LogP contribution in [0.2, 0.25) is 0 Å². The highest BCUT2D eigenvalue weighted by molar-refractivity contribution is 5.72. The van der Waals surface area contributed by atoms with Gasteiger partial charge in [0.1, 0.15) is 5.60 Å². The van der Waals surface area contributed by atoms with E-state index in [1.54, 1.807) is 6.07 Å². The molecule has 2 aromatic carbocycles. The van der Waals surface area contributed by atoms with Gasteiger partial charge < -0.3 is 4.74 Å². The van der Waals surface area contributed by atoms with Crippen LogP contribution in [0, 0.1) is 0 Å². The number of rotatable bonds is 5. The molecule has 1 aliphatic rings. The Balaban J connectivity index is 1.76. The van der Waals surface area contributed by atoms with E-state index in [1.807, 2.05) is 56.0 Å². The number of alkyl halides is 3. The third-order valence-corrected chi connectivity index (χ3v) is 5.19. The van der Waals surface area contributed by atoms with Crippen LogP contribution in [0.25, 0.3) is 0 Å². The molecule has 0 aromatic heterocycles. The van der Waals surface area contributed by atoms with Crippen LogP contribution in [-0.4, -0.2) is 54.1 Å². The van der Waals surface area contributed by atoms with E-state index in [4.69, 9.17) is 4.74 Å². The molecular weight excluding hydrogens is 405 g/mol. The van der Waals surface area contributed by atoms with Crippen molar-refractivity contribution >= 4 is 5.97 Å². The van der Waals surface area contributed by atoms with E-state index in [9.17, 15) is 18.0 Å². The average Bonchev–Trinajstić information content (AvgIpc) is 2.68. The number of hydrogen-bond acceptors (Lipinski definition) is 4. The van der Waals surface area contributed by atoms with Crippen LogP contribution in [0.1, 0.15) is 43.5 Å². The van der Waals surface area contributed by atoms with Gasteiger partial charge in [0.05, 0.1) is 18.2 Å². The van der Waals surface area contributed by atoms with Crippen molar-refractivity contribution in [1.82, 2.24) is 9.80 Å². The fourth-order valence-electron chi connectivity index (χ4n) is 3.87. The molecule has 3 rings (SSSR count). The van der Waals surface area contributed by atoms with Gasteiger partial charge in [0.25, 0.3) is 0 Å². The standard InChI is InChI=1S/C24H29F3N2O2/c1-23(2,3)31-21(30)17-28-12-14-29(15-13-28)22(18-8-5-4-6-9-18)19-10-7-11-20(16-19)24(25,26)27/h4-11,16,22H,12-15,17H2,1-3H3/t22-/m1/s1. The molecule has 1 atom stereocenters. The Hall–Kier alpha value is -2.38. The molecule has 4 nitrogen and oxygen atoms in total. The van der Waals surface area contributed by atoms with E-state index in [-0.39, 0.29) is 18.6 Å². The molecule has 2 aromatic rings. The first-order chi connectivity index (χ1) is 14.5. The minimum atomic E-state index is -4.39. The number of halogens is 3. The lowest BCUT2D eigenvalue weighted by Crippen LogP contribution is -2.49. The fraction of sp³-hybridized carbons (Fsp3) is 0.458. The van der Waals surface area contributed by atoms with Crippen LogP contribution in [0.4, 0.5) is 13.2 Å². The van der Waals surface area contributed by atoms with Crippen LogP contribution in [-0.2, 0) is 15.7 Å². The summed E-state index contributed by atoms with van der Waals surface area (Å²) < 4.78 is 45.3. The maximum Gasteiger partial charge on any atom is 0.416 e. The van der Waals surface area contributed by atoms with Gasteiger partial charge in [0, 0.05) is 26.2 Å². The van der Waals surface area contributed by atoms with E-state index >= 15 is 0 Å². The topological polar surface area (TPSA) is 32.8 Å². The van der Waals surface area contributed by atoms with Crippen molar-refractivity contribution in [2.24, 2.45) is 0 Å². The number of esters is 1. The normalized spacial score (nSPS) is 17.4. The molecule has 31 heavy (non-hydrogen) atoms. The second-order valence-corrected chi connectivity index (χ2v) is 8.84. The van der Waals surface area contributed by atoms with E-state index < -0.39 is 17.3 Å². The third-order valence-electron chi connectivity index (χ3n) is 5.19. The zero-order valence-corrected chi connectivity index (χ0v) is 18.2. The molecule has 0 N–H and O–H groups in total. The highest BCUT2D eigenvalue weighted by Crippen LogP contribution is 2.34. The average molecular weight is 435 g/mol. The highest BCUT2D eigenvalue weighted by Gasteiger charge is 2.33. The second-order valence-electron chi connectivity index (χ2n) is 8.84. The molecule has 0 saturated carbocycles. The van der Waals surface area contributed by atoms with Crippen LogP contribution in [0.5, 0.6) is 0 Å². The van der Waals surface area contributed by atoms with Crippen LogP contribution in [0.15, 0.2) is 54.6 Å². The largest absolute Gasteiger partial charge is 0.459 e. The van der Waals surface area contributed by atoms with E-state index in [2.05, 4.69) is 4.90 Å². The predicted molar refractivity (Wildman–Crippen MR) is 114 cm³/mol. The zero-order valence-electron chi connectivity index (χ0n) is 18.2. The second kappa shape index (κ2) is 9.40. The van der Waals surface area contributed by atoms with E-state index in [0.717, 1.165) is 11.6 Å². The third kappa shape index (κ3) is 6.55. The Bertz CT molecular complexity index is 870. The summed E-state index contributed by atoms with van der Waals surface area (Å²) in [5, 5.41) is 0. The molecule has 7 heteroatoms. The summed E-state index contributed by atoms with van der Waals surface area (Å²) in [4.78, 5) is 16.3. The summed E-state index contributed by atoms with van der Waals surface area (Å²) in [6.45, 7) is 8.28. The Labute approximate surface area is 181 Å². The van der Waals surface area contributed by atoms with E-state index in [1.165, 1.54) is 12.1 Å². The van der Waals surface area contributed by atoms with Crippen molar-refractivity contribution < 1.29 is 22.7 Å². The molecule has 1 fully saturated rings. The molecule has 1 saturated heterocycles. The molecular formula is C24H29F3N2O2. The van der Waals surface area contributed by atoms with Crippen molar-refractivity contribution in [3.05, 3.63) is 71.3 Å². The van der Waals surface area contributed by atoms with Crippen molar-refractivity contribution in [1.29, 1.82) is 0 Å². The van der Waals surface area contributed by atoms with Crippen molar-refractivity contribution in [3.8, 4) is 0 Å². The lowest BCUT2D eigenvalue weighted by atomic mass is 9.95. The van der Waals surface area contributed by atoms with Gasteiger partial charge in [-0.05, 0) is 44.0 Å². The van der Waals surface area contributed by atoms with Gasteiger partial charge in [-0.3, -0.25) is 14.6 Å². The first-order valence-corrected chi connectivity index (χ1v) is 10.4. The minimum absolute atomic E-state index is 0.213. The maximum atomic E-state index is 13.3. The summed E-state index contributed by atoms with van der Waals surface area (Å²) >= 11 is 0. The zero-order chi connectivity index (χ0) is 22.6. The molecule has 168 valence electrons. The van der Waals surface area contributed by atoms with Crippen molar-refractivity contribution in [2.45, 2.75) is 38.6 Å². The summed E-state index contributed by atoms with van der Waals surface area (Å²) in [7, 11) is 0.